The quantitative estimate of drug-likeness (QED) is 0.574. The summed E-state index contributed by atoms with van der Waals surface area (Å²) in [4.78, 5) is 13.6. The van der Waals surface area contributed by atoms with Gasteiger partial charge in [0.05, 0.1) is 5.56 Å². The molecule has 0 bridgehead atoms. The largest absolute Gasteiger partial charge is 0.366 e. The first kappa shape index (κ1) is 18.7. The summed E-state index contributed by atoms with van der Waals surface area (Å²) in [6, 6.07) is 11.9. The summed E-state index contributed by atoms with van der Waals surface area (Å²) in [5.74, 6) is -0.398. The van der Waals surface area contributed by atoms with Gasteiger partial charge in [-0.3, -0.25) is 4.79 Å². The fourth-order valence-electron chi connectivity index (χ4n) is 3.53. The lowest BCUT2D eigenvalue weighted by atomic mass is 9.98. The molecule has 0 aliphatic carbocycles. The molecule has 3 rings (SSSR count). The number of nitrogens with zero attached hydrogens (tertiary/aromatic N) is 1. The zero-order chi connectivity index (χ0) is 18.7. The molecule has 2 N–H and O–H groups in total. The number of nitrogens with two attached hydrogens (primary N) is 1. The van der Waals surface area contributed by atoms with Crippen molar-refractivity contribution in [3.63, 3.8) is 0 Å². The molecular formula is C21H23ClN2OS. The molecule has 136 valence electrons. The fraction of sp³-hybridized carbons (Fsp3) is 0.286. The van der Waals surface area contributed by atoms with Crippen molar-refractivity contribution in [2.75, 3.05) is 0 Å². The summed E-state index contributed by atoms with van der Waals surface area (Å²) in [6.45, 7) is 4.95. The SMILES string of the molecule is CCCc1c(-c2ccccc2Cl)c(C(N)=O)c(C)n1CCc1cccs1. The van der Waals surface area contributed by atoms with Crippen LogP contribution in [0.2, 0.25) is 5.02 Å². The number of thiophene rings is 1. The number of halogens is 1. The third kappa shape index (κ3) is 3.57. The molecule has 0 aliphatic heterocycles. The molecule has 0 aliphatic rings. The number of benzene rings is 1. The second-order valence-corrected chi connectivity index (χ2v) is 7.80. The molecule has 0 unspecified atom stereocenters. The van der Waals surface area contributed by atoms with Crippen LogP contribution in [0, 0.1) is 6.92 Å². The third-order valence-corrected chi connectivity index (χ3v) is 5.94. The van der Waals surface area contributed by atoms with Crippen LogP contribution in [0.25, 0.3) is 11.1 Å². The monoisotopic (exact) mass is 386 g/mol. The fourth-order valence-corrected chi connectivity index (χ4v) is 4.46. The van der Waals surface area contributed by atoms with Crippen molar-refractivity contribution in [2.45, 2.75) is 39.7 Å². The van der Waals surface area contributed by atoms with E-state index < -0.39 is 5.91 Å². The molecule has 0 saturated carbocycles. The van der Waals surface area contributed by atoms with Crippen LogP contribution in [-0.4, -0.2) is 10.5 Å². The van der Waals surface area contributed by atoms with Crippen molar-refractivity contribution in [3.8, 4) is 11.1 Å². The third-order valence-electron chi connectivity index (χ3n) is 4.67. The molecule has 3 aromatic rings. The van der Waals surface area contributed by atoms with Crippen molar-refractivity contribution in [1.82, 2.24) is 4.57 Å². The number of primary amides is 1. The Labute approximate surface area is 163 Å². The van der Waals surface area contributed by atoms with Crippen LogP contribution in [0.3, 0.4) is 0 Å². The average molecular weight is 387 g/mol. The van der Waals surface area contributed by atoms with E-state index in [2.05, 4.69) is 29.0 Å². The second-order valence-electron chi connectivity index (χ2n) is 6.36. The molecule has 26 heavy (non-hydrogen) atoms. The summed E-state index contributed by atoms with van der Waals surface area (Å²) < 4.78 is 2.25. The van der Waals surface area contributed by atoms with Gasteiger partial charge in [0.15, 0.2) is 0 Å². The van der Waals surface area contributed by atoms with Crippen molar-refractivity contribution < 1.29 is 4.79 Å². The normalized spacial score (nSPS) is 11.0. The van der Waals surface area contributed by atoms with E-state index in [-0.39, 0.29) is 0 Å². The van der Waals surface area contributed by atoms with E-state index in [0.717, 1.165) is 48.3 Å². The van der Waals surface area contributed by atoms with Gasteiger partial charge in [0.25, 0.3) is 5.91 Å². The number of hydrogen-bond acceptors (Lipinski definition) is 2. The summed E-state index contributed by atoms with van der Waals surface area (Å²) in [6.07, 6.45) is 2.79. The maximum absolute atomic E-state index is 12.3. The minimum atomic E-state index is -0.398. The van der Waals surface area contributed by atoms with Gasteiger partial charge in [0, 0.05) is 39.0 Å². The zero-order valence-electron chi connectivity index (χ0n) is 15.1. The number of rotatable bonds is 7. The van der Waals surface area contributed by atoms with E-state index in [0.29, 0.717) is 10.6 Å². The number of carbonyl (C=O) groups excluding carboxylic acids is 1. The Bertz CT molecular complexity index is 912. The molecule has 1 aromatic carbocycles. The average Bonchev–Trinajstić information content (AvgIpc) is 3.21. The predicted octanol–water partition coefficient (Wildman–Crippen LogP) is 5.47. The first-order chi connectivity index (χ1) is 12.5. The van der Waals surface area contributed by atoms with Gasteiger partial charge in [-0.2, -0.15) is 0 Å². The minimum Gasteiger partial charge on any atom is -0.366 e. The van der Waals surface area contributed by atoms with E-state index in [1.165, 1.54) is 4.88 Å². The lowest BCUT2D eigenvalue weighted by Gasteiger charge is -2.13. The van der Waals surface area contributed by atoms with Crippen LogP contribution in [0.4, 0.5) is 0 Å². The van der Waals surface area contributed by atoms with E-state index in [1.807, 2.05) is 31.2 Å². The van der Waals surface area contributed by atoms with Gasteiger partial charge in [0.1, 0.15) is 0 Å². The van der Waals surface area contributed by atoms with Crippen molar-refractivity contribution in [1.29, 1.82) is 0 Å². The van der Waals surface area contributed by atoms with Gasteiger partial charge >= 0.3 is 0 Å². The highest BCUT2D eigenvalue weighted by Gasteiger charge is 2.25. The summed E-state index contributed by atoms with van der Waals surface area (Å²) in [7, 11) is 0. The van der Waals surface area contributed by atoms with Crippen molar-refractivity contribution >= 4 is 28.8 Å². The Hall–Kier alpha value is -2.04. The molecule has 0 radical (unpaired) electrons. The van der Waals surface area contributed by atoms with E-state index in [4.69, 9.17) is 17.3 Å². The summed E-state index contributed by atoms with van der Waals surface area (Å²) in [5, 5.41) is 2.73. The molecule has 1 amide bonds. The lowest BCUT2D eigenvalue weighted by molar-refractivity contribution is 0.1000. The zero-order valence-corrected chi connectivity index (χ0v) is 16.7. The van der Waals surface area contributed by atoms with Gasteiger partial charge in [0.2, 0.25) is 0 Å². The molecule has 2 aromatic heterocycles. The standard InChI is InChI=1S/C21H23ClN2OS/c1-3-7-18-20(16-9-4-5-10-17(16)22)19(21(23)25)14(2)24(18)12-11-15-8-6-13-26-15/h4-6,8-10,13H,3,7,11-12H2,1-2H3,(H2,23,25). The van der Waals surface area contributed by atoms with Crippen molar-refractivity contribution in [2.24, 2.45) is 5.73 Å². The molecular weight excluding hydrogens is 364 g/mol. The molecule has 0 saturated heterocycles. The Balaban J connectivity index is 2.16. The molecule has 3 nitrogen and oxygen atoms in total. The first-order valence-corrected chi connectivity index (χ1v) is 10.1. The van der Waals surface area contributed by atoms with Gasteiger partial charge in [-0.05, 0) is 37.3 Å². The maximum Gasteiger partial charge on any atom is 0.251 e. The van der Waals surface area contributed by atoms with E-state index in [9.17, 15) is 4.79 Å². The van der Waals surface area contributed by atoms with Crippen LogP contribution < -0.4 is 5.73 Å². The summed E-state index contributed by atoms with van der Waals surface area (Å²) >= 11 is 8.23. The number of amides is 1. The highest BCUT2D eigenvalue weighted by molar-refractivity contribution is 7.09. The van der Waals surface area contributed by atoms with Gasteiger partial charge in [-0.15, -0.1) is 11.3 Å². The highest BCUT2D eigenvalue weighted by Crippen LogP contribution is 2.37. The number of aromatic nitrogens is 1. The van der Waals surface area contributed by atoms with Crippen molar-refractivity contribution in [3.05, 3.63) is 68.6 Å². The number of carbonyl (C=O) groups is 1. The highest BCUT2D eigenvalue weighted by atomic mass is 35.5. The van der Waals surface area contributed by atoms with Crippen LogP contribution in [-0.2, 0) is 19.4 Å². The molecule has 0 atom stereocenters. The first-order valence-electron chi connectivity index (χ1n) is 8.83. The Morgan fingerprint density at radius 2 is 1.96 bits per heavy atom. The maximum atomic E-state index is 12.3. The smallest absolute Gasteiger partial charge is 0.251 e. The molecule has 0 spiro atoms. The van der Waals surface area contributed by atoms with E-state index >= 15 is 0 Å². The van der Waals surface area contributed by atoms with Crippen LogP contribution in [0.5, 0.6) is 0 Å². The van der Waals surface area contributed by atoms with E-state index in [1.54, 1.807) is 11.3 Å². The van der Waals surface area contributed by atoms with Crippen LogP contribution in [0.1, 0.15) is 40.0 Å². The molecule has 2 heterocycles. The Kier molecular flexibility index (Phi) is 5.84. The number of aryl methyl sites for hydroxylation is 1. The minimum absolute atomic E-state index is 0.398. The van der Waals surface area contributed by atoms with Gasteiger partial charge in [-0.25, -0.2) is 0 Å². The van der Waals surface area contributed by atoms with Gasteiger partial charge < -0.3 is 10.3 Å². The topological polar surface area (TPSA) is 48.0 Å². The molecule has 0 fully saturated rings. The second kappa shape index (κ2) is 8.11. The Morgan fingerprint density at radius 3 is 2.58 bits per heavy atom. The number of hydrogen-bond donors (Lipinski definition) is 1. The van der Waals surface area contributed by atoms with Crippen LogP contribution in [0.15, 0.2) is 41.8 Å². The van der Waals surface area contributed by atoms with Gasteiger partial charge in [-0.1, -0.05) is 49.2 Å². The molecule has 5 heteroatoms. The Morgan fingerprint density at radius 1 is 1.19 bits per heavy atom. The van der Waals surface area contributed by atoms with Crippen LogP contribution >= 0.6 is 22.9 Å². The predicted molar refractivity (Wildman–Crippen MR) is 110 cm³/mol. The summed E-state index contributed by atoms with van der Waals surface area (Å²) in [5.41, 5.74) is 10.2. The lowest BCUT2D eigenvalue weighted by Crippen LogP contribution is -2.13.